The molecule has 1 spiro atoms. The van der Waals surface area contributed by atoms with E-state index in [1.807, 2.05) is 13.8 Å². The van der Waals surface area contributed by atoms with Crippen LogP contribution in [0.4, 0.5) is 0 Å². The highest BCUT2D eigenvalue weighted by atomic mass is 14.5. The van der Waals surface area contributed by atoms with E-state index in [0.717, 1.165) is 0 Å². The van der Waals surface area contributed by atoms with Crippen LogP contribution in [0.1, 0.15) is 106 Å². The van der Waals surface area contributed by atoms with Crippen LogP contribution in [0, 0.1) is 0 Å². The normalized spacial score (nSPS) is 14.7. The molecule has 0 radical (unpaired) electrons. The molecule has 11 aromatic carbocycles. The summed E-state index contributed by atoms with van der Waals surface area (Å²) >= 11 is 0. The average Bonchev–Trinajstić information content (AvgIpc) is 4.45. The van der Waals surface area contributed by atoms with Gasteiger partial charge in [0, 0.05) is 5.41 Å². The Morgan fingerprint density at radius 3 is 1.32 bits per heavy atom. The van der Waals surface area contributed by atoms with E-state index < -0.39 is 0 Å². The number of benzene rings is 11. The van der Waals surface area contributed by atoms with Crippen LogP contribution in [0.2, 0.25) is 0 Å². The lowest BCUT2D eigenvalue weighted by Crippen LogP contribution is -2.20. The Morgan fingerprint density at radius 2 is 0.753 bits per heavy atom. The zero-order chi connectivity index (χ0) is 51.9. The van der Waals surface area contributed by atoms with Crippen LogP contribution in [0.15, 0.2) is 243 Å². The molecule has 0 N–H and O–H groups in total. The standard InChI is InChI=1S/C75H60.C2H6/c1-74(41-17-18-42-74)70-49-56(37-39-61(70)52-21-5-2-6-22-52)58-46-59(57-38-40-63-62-27-15-16-32-69(62)75(71(63)50-57)43-19-20-44-75)48-60(47-58)73-66-30-13-11-28-64(66)72(65-29-12-14-31-67(65)73)55-35-33-51(34-36-55)45-68(53-23-7-3-8-24-53)54-25-9-4-10-26-54;1-2/h2-16,21-40,45-50H,17-20,41-44H2,1H3;1-2H3. The molecule has 0 nitrogen and oxygen atoms in total. The first-order valence-corrected chi connectivity index (χ1v) is 28.5. The predicted molar refractivity (Wildman–Crippen MR) is 330 cm³/mol. The minimum Gasteiger partial charge on any atom is -0.0683 e. The molecule has 14 rings (SSSR count). The molecule has 3 aliphatic carbocycles. The summed E-state index contributed by atoms with van der Waals surface area (Å²) in [5, 5.41) is 5.05. The summed E-state index contributed by atoms with van der Waals surface area (Å²) in [4.78, 5) is 0. The van der Waals surface area contributed by atoms with E-state index in [1.165, 1.54) is 179 Å². The maximum atomic E-state index is 2.59. The molecule has 0 bridgehead atoms. The maximum Gasteiger partial charge on any atom is 0.0215 e. The SMILES string of the molecule is CC.CC1(c2cc(-c3cc(-c4ccc5c(c4)C4(CCCC4)c4ccccc4-5)cc(-c4c5ccccc5c(-c5ccc(C=C(c6ccccc6)c6ccccc6)cc5)c5ccccc45)c3)ccc2-c2ccccc2)CCCC1. The minimum absolute atomic E-state index is 0.0874. The second kappa shape index (κ2) is 20.3. The Balaban J connectivity index is 0.00000280. The van der Waals surface area contributed by atoms with E-state index in [0.29, 0.717) is 0 Å². The van der Waals surface area contributed by atoms with Gasteiger partial charge in [0.2, 0.25) is 0 Å². The third-order valence-electron chi connectivity index (χ3n) is 17.7. The molecule has 11 aromatic rings. The minimum atomic E-state index is 0.0874. The molecule has 2 fully saturated rings. The van der Waals surface area contributed by atoms with Crippen molar-refractivity contribution in [3.8, 4) is 66.8 Å². The molecular weight excluding hydrogens is 925 g/mol. The Hall–Kier alpha value is -8.32. The lowest BCUT2D eigenvalue weighted by Gasteiger charge is -2.28. The fourth-order valence-corrected chi connectivity index (χ4v) is 14.0. The fourth-order valence-electron chi connectivity index (χ4n) is 14.0. The monoisotopic (exact) mass is 991 g/mol. The number of rotatable bonds is 9. The van der Waals surface area contributed by atoms with Crippen molar-refractivity contribution in [2.75, 3.05) is 0 Å². The van der Waals surface area contributed by atoms with Crippen LogP contribution in [0.3, 0.4) is 0 Å². The third kappa shape index (κ3) is 8.56. The van der Waals surface area contributed by atoms with Crippen LogP contribution < -0.4 is 0 Å². The van der Waals surface area contributed by atoms with Crippen LogP contribution in [-0.2, 0) is 10.8 Å². The van der Waals surface area contributed by atoms with Crippen molar-refractivity contribution in [2.24, 2.45) is 0 Å². The highest BCUT2D eigenvalue weighted by Crippen LogP contribution is 2.58. The molecule has 0 heteroatoms. The van der Waals surface area contributed by atoms with Gasteiger partial charge in [-0.05, 0) is 195 Å². The quantitative estimate of drug-likeness (QED) is 0.0999. The van der Waals surface area contributed by atoms with Gasteiger partial charge in [-0.1, -0.05) is 259 Å². The van der Waals surface area contributed by atoms with Crippen molar-refractivity contribution < 1.29 is 0 Å². The van der Waals surface area contributed by atoms with Crippen molar-refractivity contribution >= 4 is 33.2 Å². The van der Waals surface area contributed by atoms with Gasteiger partial charge in [0.15, 0.2) is 0 Å². The van der Waals surface area contributed by atoms with Gasteiger partial charge in [0.1, 0.15) is 0 Å². The summed E-state index contributed by atoms with van der Waals surface area (Å²) in [6.45, 7) is 6.52. The van der Waals surface area contributed by atoms with Gasteiger partial charge in [-0.2, -0.15) is 0 Å². The average molecular weight is 991 g/mol. The van der Waals surface area contributed by atoms with Gasteiger partial charge in [-0.3, -0.25) is 0 Å². The number of hydrogen-bond donors (Lipinski definition) is 0. The maximum absolute atomic E-state index is 2.59. The van der Waals surface area contributed by atoms with Gasteiger partial charge < -0.3 is 0 Å². The summed E-state index contributed by atoms with van der Waals surface area (Å²) < 4.78 is 0. The fraction of sp³-hybridized carbons (Fsp3) is 0.169. The first kappa shape index (κ1) is 48.3. The van der Waals surface area contributed by atoms with E-state index >= 15 is 0 Å². The molecule has 0 atom stereocenters. The Kier molecular flexibility index (Phi) is 12.8. The molecule has 374 valence electrons. The molecular formula is C77H66. The summed E-state index contributed by atoms with van der Waals surface area (Å²) in [7, 11) is 0. The van der Waals surface area contributed by atoms with Gasteiger partial charge in [-0.15, -0.1) is 0 Å². The van der Waals surface area contributed by atoms with Crippen molar-refractivity contribution in [1.29, 1.82) is 0 Å². The second-order valence-corrected chi connectivity index (χ2v) is 22.0. The molecule has 0 amide bonds. The van der Waals surface area contributed by atoms with E-state index in [1.54, 1.807) is 0 Å². The van der Waals surface area contributed by atoms with Crippen LogP contribution in [0.5, 0.6) is 0 Å². The van der Waals surface area contributed by atoms with Gasteiger partial charge in [0.25, 0.3) is 0 Å². The zero-order valence-electron chi connectivity index (χ0n) is 44.8. The van der Waals surface area contributed by atoms with Gasteiger partial charge >= 0.3 is 0 Å². The smallest absolute Gasteiger partial charge is 0.0215 e. The van der Waals surface area contributed by atoms with E-state index in [9.17, 15) is 0 Å². The Labute approximate surface area is 456 Å². The molecule has 0 aromatic heterocycles. The molecule has 0 aliphatic heterocycles. The van der Waals surface area contributed by atoms with E-state index in [2.05, 4.69) is 256 Å². The second-order valence-electron chi connectivity index (χ2n) is 22.0. The predicted octanol–water partition coefficient (Wildman–Crippen LogP) is 21.6. The lowest BCUT2D eigenvalue weighted by atomic mass is 9.75. The number of fused-ring (bicyclic) bond motifs is 7. The number of hydrogen-bond acceptors (Lipinski definition) is 0. The summed E-state index contributed by atoms with van der Waals surface area (Å²) in [5.74, 6) is 0. The molecule has 0 unspecified atom stereocenters. The first-order chi connectivity index (χ1) is 38.0. The molecule has 2 saturated carbocycles. The van der Waals surface area contributed by atoms with E-state index in [4.69, 9.17) is 0 Å². The highest BCUT2D eigenvalue weighted by molar-refractivity contribution is 6.21. The lowest BCUT2D eigenvalue weighted by molar-refractivity contribution is 0.493. The third-order valence-corrected chi connectivity index (χ3v) is 17.7. The summed E-state index contributed by atoms with van der Waals surface area (Å²) in [6, 6.07) is 91.8. The van der Waals surface area contributed by atoms with Gasteiger partial charge in [0.05, 0.1) is 0 Å². The highest BCUT2D eigenvalue weighted by Gasteiger charge is 2.45. The van der Waals surface area contributed by atoms with Crippen LogP contribution in [-0.4, -0.2) is 0 Å². The topological polar surface area (TPSA) is 0 Å². The van der Waals surface area contributed by atoms with Crippen molar-refractivity contribution in [1.82, 2.24) is 0 Å². The van der Waals surface area contributed by atoms with Crippen molar-refractivity contribution in [3.63, 3.8) is 0 Å². The largest absolute Gasteiger partial charge is 0.0683 e. The Bertz CT molecular complexity index is 3880. The molecule has 77 heavy (non-hydrogen) atoms. The van der Waals surface area contributed by atoms with Crippen molar-refractivity contribution in [3.05, 3.63) is 276 Å². The first-order valence-electron chi connectivity index (χ1n) is 28.5. The molecule has 0 saturated heterocycles. The van der Waals surface area contributed by atoms with E-state index in [-0.39, 0.29) is 10.8 Å². The van der Waals surface area contributed by atoms with Crippen LogP contribution >= 0.6 is 0 Å². The van der Waals surface area contributed by atoms with Crippen molar-refractivity contribution in [2.45, 2.75) is 83.0 Å². The summed E-state index contributed by atoms with van der Waals surface area (Å²) in [5.41, 5.74) is 25.2. The molecule has 3 aliphatic rings. The zero-order valence-corrected chi connectivity index (χ0v) is 44.8. The van der Waals surface area contributed by atoms with Crippen LogP contribution in [0.25, 0.3) is 100.0 Å². The van der Waals surface area contributed by atoms with Gasteiger partial charge in [-0.25, -0.2) is 0 Å². The molecule has 0 heterocycles. The summed E-state index contributed by atoms with van der Waals surface area (Å²) in [6.07, 6.45) is 12.3. The Morgan fingerprint density at radius 1 is 0.325 bits per heavy atom.